The first kappa shape index (κ1) is 17.4. The first-order valence-corrected chi connectivity index (χ1v) is 9.66. The van der Waals surface area contributed by atoms with E-state index in [9.17, 15) is 4.79 Å². The third-order valence-corrected chi connectivity index (χ3v) is 5.23. The summed E-state index contributed by atoms with van der Waals surface area (Å²) in [6.45, 7) is 0. The van der Waals surface area contributed by atoms with Gasteiger partial charge in [0.05, 0.1) is 23.5 Å². The second-order valence-electron chi connectivity index (χ2n) is 7.17. The van der Waals surface area contributed by atoms with Crippen LogP contribution in [0.4, 0.5) is 5.82 Å². The van der Waals surface area contributed by atoms with E-state index in [0.29, 0.717) is 33.5 Å². The van der Waals surface area contributed by atoms with Crippen molar-refractivity contribution in [3.05, 3.63) is 54.0 Å². The Kier molecular flexibility index (Phi) is 4.23. The Morgan fingerprint density at radius 2 is 1.93 bits per heavy atom. The molecule has 0 spiro atoms. The van der Waals surface area contributed by atoms with Gasteiger partial charge in [0, 0.05) is 6.04 Å². The lowest BCUT2D eigenvalue weighted by Crippen LogP contribution is -2.33. The SMILES string of the molecule is Nc1c(C(=O)NC2CCCC2)c2nc3ccccc3nc2n1/N=C\c1ccco1. The molecule has 0 aliphatic heterocycles. The maximum atomic E-state index is 13.1. The predicted molar refractivity (Wildman–Crippen MR) is 111 cm³/mol. The molecule has 8 heteroatoms. The molecule has 3 aromatic heterocycles. The molecular weight excluding hydrogens is 368 g/mol. The lowest BCUT2D eigenvalue weighted by atomic mass is 10.2. The van der Waals surface area contributed by atoms with E-state index in [1.165, 1.54) is 10.9 Å². The van der Waals surface area contributed by atoms with Crippen LogP contribution >= 0.6 is 0 Å². The molecule has 8 nitrogen and oxygen atoms in total. The second-order valence-corrected chi connectivity index (χ2v) is 7.17. The molecule has 1 aliphatic rings. The van der Waals surface area contributed by atoms with E-state index < -0.39 is 0 Å². The van der Waals surface area contributed by atoms with Gasteiger partial charge in [0.25, 0.3) is 5.91 Å². The molecule has 0 saturated heterocycles. The van der Waals surface area contributed by atoms with Crippen LogP contribution in [0, 0.1) is 0 Å². The van der Waals surface area contributed by atoms with Gasteiger partial charge < -0.3 is 15.5 Å². The van der Waals surface area contributed by atoms with Gasteiger partial charge in [0.1, 0.15) is 22.7 Å². The molecule has 29 heavy (non-hydrogen) atoms. The Balaban J connectivity index is 1.67. The van der Waals surface area contributed by atoms with Crippen molar-refractivity contribution in [1.82, 2.24) is 20.0 Å². The number of nitrogens with two attached hydrogens (primary N) is 1. The minimum atomic E-state index is -0.240. The number of furan rings is 1. The van der Waals surface area contributed by atoms with E-state index >= 15 is 0 Å². The molecule has 1 saturated carbocycles. The monoisotopic (exact) mass is 388 g/mol. The highest BCUT2D eigenvalue weighted by Gasteiger charge is 2.26. The van der Waals surface area contributed by atoms with Crippen molar-refractivity contribution in [3.63, 3.8) is 0 Å². The molecule has 0 unspecified atom stereocenters. The number of hydrogen-bond donors (Lipinski definition) is 2. The van der Waals surface area contributed by atoms with Crippen LogP contribution in [0.25, 0.3) is 22.2 Å². The van der Waals surface area contributed by atoms with Crippen LogP contribution in [0.15, 0.2) is 52.2 Å². The number of amides is 1. The minimum Gasteiger partial charge on any atom is -0.463 e. The Hall–Kier alpha value is -3.68. The zero-order valence-electron chi connectivity index (χ0n) is 15.7. The van der Waals surface area contributed by atoms with Crippen LogP contribution in [0.2, 0.25) is 0 Å². The smallest absolute Gasteiger partial charge is 0.257 e. The standard InChI is InChI=1S/C21H20N6O2/c22-19-17(21(28)24-13-6-1-2-7-13)18-20(26-16-10-4-3-9-15(16)25-18)27(19)23-12-14-8-5-11-29-14/h3-5,8-13H,1-2,6-7,22H2,(H,24,28)/b23-12-. The summed E-state index contributed by atoms with van der Waals surface area (Å²) in [5.41, 5.74) is 8.95. The van der Waals surface area contributed by atoms with E-state index in [1.807, 2.05) is 24.3 Å². The molecule has 0 radical (unpaired) electrons. The number of para-hydroxylation sites is 2. The normalized spacial score (nSPS) is 15.0. The van der Waals surface area contributed by atoms with Gasteiger partial charge in [-0.15, -0.1) is 0 Å². The molecule has 1 amide bonds. The van der Waals surface area contributed by atoms with E-state index in [0.717, 1.165) is 25.7 Å². The van der Waals surface area contributed by atoms with E-state index in [-0.39, 0.29) is 17.8 Å². The Bertz CT molecular complexity index is 1220. The number of anilines is 1. The minimum absolute atomic E-state index is 0.167. The highest BCUT2D eigenvalue weighted by Crippen LogP contribution is 2.28. The largest absolute Gasteiger partial charge is 0.463 e. The summed E-state index contributed by atoms with van der Waals surface area (Å²) < 4.78 is 6.75. The maximum Gasteiger partial charge on any atom is 0.257 e. The fourth-order valence-corrected chi connectivity index (χ4v) is 3.80. The third-order valence-electron chi connectivity index (χ3n) is 5.23. The van der Waals surface area contributed by atoms with Gasteiger partial charge in [-0.05, 0) is 37.1 Å². The highest BCUT2D eigenvalue weighted by atomic mass is 16.3. The van der Waals surface area contributed by atoms with Crippen molar-refractivity contribution >= 4 is 40.1 Å². The zero-order chi connectivity index (χ0) is 19.8. The summed E-state index contributed by atoms with van der Waals surface area (Å²) >= 11 is 0. The number of nitrogens with zero attached hydrogens (tertiary/aromatic N) is 4. The predicted octanol–water partition coefficient (Wildman–Crippen LogP) is 3.31. The molecule has 146 valence electrons. The summed E-state index contributed by atoms with van der Waals surface area (Å²) in [6.07, 6.45) is 7.31. The number of carbonyl (C=O) groups is 1. The summed E-state index contributed by atoms with van der Waals surface area (Å²) in [5, 5.41) is 7.50. The second kappa shape index (κ2) is 7.05. The van der Waals surface area contributed by atoms with Crippen molar-refractivity contribution in [2.45, 2.75) is 31.7 Å². The molecule has 3 heterocycles. The van der Waals surface area contributed by atoms with Gasteiger partial charge in [-0.2, -0.15) is 9.78 Å². The van der Waals surface area contributed by atoms with Gasteiger partial charge >= 0.3 is 0 Å². The van der Waals surface area contributed by atoms with E-state index in [4.69, 9.17) is 10.2 Å². The first-order chi connectivity index (χ1) is 14.2. The van der Waals surface area contributed by atoms with Gasteiger partial charge in [0.2, 0.25) is 0 Å². The molecule has 5 rings (SSSR count). The number of aromatic nitrogens is 3. The number of nitrogen functional groups attached to an aromatic ring is 1. The van der Waals surface area contributed by atoms with Crippen LogP contribution in [0.1, 0.15) is 41.8 Å². The van der Waals surface area contributed by atoms with Gasteiger partial charge in [-0.1, -0.05) is 25.0 Å². The summed E-state index contributed by atoms with van der Waals surface area (Å²) in [5.74, 6) is 0.529. The van der Waals surface area contributed by atoms with Crippen molar-refractivity contribution in [2.24, 2.45) is 5.10 Å². The number of rotatable bonds is 4. The number of hydrogen-bond acceptors (Lipinski definition) is 6. The summed E-state index contributed by atoms with van der Waals surface area (Å²) in [4.78, 5) is 22.4. The zero-order valence-corrected chi connectivity index (χ0v) is 15.7. The van der Waals surface area contributed by atoms with Crippen molar-refractivity contribution < 1.29 is 9.21 Å². The summed E-state index contributed by atoms with van der Waals surface area (Å²) in [6, 6.07) is 11.2. The van der Waals surface area contributed by atoms with E-state index in [2.05, 4.69) is 20.4 Å². The first-order valence-electron chi connectivity index (χ1n) is 9.66. The molecule has 0 atom stereocenters. The van der Waals surface area contributed by atoms with Crippen molar-refractivity contribution in [1.29, 1.82) is 0 Å². The van der Waals surface area contributed by atoms with Crippen LogP contribution in [0.5, 0.6) is 0 Å². The van der Waals surface area contributed by atoms with Crippen LogP contribution < -0.4 is 11.1 Å². The Morgan fingerprint density at radius 3 is 2.66 bits per heavy atom. The van der Waals surface area contributed by atoms with Crippen LogP contribution in [0.3, 0.4) is 0 Å². The molecule has 0 bridgehead atoms. The topological polar surface area (TPSA) is 111 Å². The van der Waals surface area contributed by atoms with E-state index in [1.54, 1.807) is 18.4 Å². The third kappa shape index (κ3) is 3.12. The fourth-order valence-electron chi connectivity index (χ4n) is 3.80. The number of carbonyl (C=O) groups excluding carboxylic acids is 1. The molecular formula is C21H20N6O2. The van der Waals surface area contributed by atoms with Crippen molar-refractivity contribution in [2.75, 3.05) is 5.73 Å². The quantitative estimate of drug-likeness (QED) is 0.521. The molecule has 4 aromatic rings. The molecule has 1 aliphatic carbocycles. The van der Waals surface area contributed by atoms with Gasteiger partial charge in [-0.3, -0.25) is 4.79 Å². The Labute approximate surface area is 166 Å². The highest BCUT2D eigenvalue weighted by molar-refractivity contribution is 6.10. The fraction of sp³-hybridized carbons (Fsp3) is 0.238. The number of nitrogens with one attached hydrogen (secondary N) is 1. The average molecular weight is 388 g/mol. The number of fused-ring (bicyclic) bond motifs is 2. The molecule has 1 fully saturated rings. The van der Waals surface area contributed by atoms with Gasteiger partial charge in [0.15, 0.2) is 5.65 Å². The van der Waals surface area contributed by atoms with Gasteiger partial charge in [-0.25, -0.2) is 9.97 Å². The maximum absolute atomic E-state index is 13.1. The van der Waals surface area contributed by atoms with Crippen LogP contribution in [-0.2, 0) is 0 Å². The van der Waals surface area contributed by atoms with Crippen LogP contribution in [-0.4, -0.2) is 32.8 Å². The number of benzene rings is 1. The Morgan fingerprint density at radius 1 is 1.17 bits per heavy atom. The average Bonchev–Trinajstić information content (AvgIpc) is 3.46. The molecule has 1 aromatic carbocycles. The summed E-state index contributed by atoms with van der Waals surface area (Å²) in [7, 11) is 0. The molecule has 3 N–H and O–H groups in total. The lowest BCUT2D eigenvalue weighted by molar-refractivity contribution is 0.0940. The lowest BCUT2D eigenvalue weighted by Gasteiger charge is -2.11. The van der Waals surface area contributed by atoms with Crippen molar-refractivity contribution in [3.8, 4) is 0 Å².